The van der Waals surface area contributed by atoms with Crippen molar-refractivity contribution in [1.82, 2.24) is 4.90 Å². The van der Waals surface area contributed by atoms with Gasteiger partial charge in [0.25, 0.3) is 0 Å². The maximum absolute atomic E-state index is 13.7. The normalized spacial score (nSPS) is 19.8. The van der Waals surface area contributed by atoms with Crippen molar-refractivity contribution in [2.75, 3.05) is 13.1 Å². The highest BCUT2D eigenvalue weighted by atomic mass is 35.5. The fourth-order valence-corrected chi connectivity index (χ4v) is 3.35. The van der Waals surface area contributed by atoms with E-state index >= 15 is 0 Å². The van der Waals surface area contributed by atoms with Crippen molar-refractivity contribution in [3.8, 4) is 0 Å². The molecule has 2 aromatic carbocycles. The van der Waals surface area contributed by atoms with Gasteiger partial charge in [-0.15, -0.1) is 0 Å². The number of benzene rings is 2. The maximum atomic E-state index is 13.7. The third-order valence-corrected chi connectivity index (χ3v) is 4.84. The minimum absolute atomic E-state index is 0.0770. The Balaban J connectivity index is 1.77. The largest absolute Gasteiger partial charge is 0.481 e. The van der Waals surface area contributed by atoms with Crippen LogP contribution in [0.15, 0.2) is 48.5 Å². The number of halogens is 2. The van der Waals surface area contributed by atoms with Crippen LogP contribution in [0.1, 0.15) is 17.0 Å². The number of amides is 1. The molecule has 1 N–H and O–H groups in total. The Morgan fingerprint density at radius 3 is 2.44 bits per heavy atom. The first kappa shape index (κ1) is 17.4. The van der Waals surface area contributed by atoms with Crippen LogP contribution in [0.5, 0.6) is 0 Å². The highest BCUT2D eigenvalue weighted by molar-refractivity contribution is 6.30. The van der Waals surface area contributed by atoms with Crippen molar-refractivity contribution in [1.29, 1.82) is 0 Å². The van der Waals surface area contributed by atoms with Crippen molar-refractivity contribution in [2.24, 2.45) is 5.92 Å². The molecule has 0 bridgehead atoms. The first-order valence-corrected chi connectivity index (χ1v) is 8.33. The third kappa shape index (κ3) is 3.82. The van der Waals surface area contributed by atoms with E-state index in [4.69, 9.17) is 11.6 Å². The SMILES string of the molecule is O=C(O)[C@@H]1CN(C(=O)Cc2ccccc2F)C[C@H]1c1ccc(Cl)cc1. The Labute approximate surface area is 149 Å². The number of carboxylic acids is 1. The van der Waals surface area contributed by atoms with Gasteiger partial charge in [0.15, 0.2) is 0 Å². The van der Waals surface area contributed by atoms with Gasteiger partial charge in [-0.2, -0.15) is 0 Å². The van der Waals surface area contributed by atoms with Crippen molar-refractivity contribution in [2.45, 2.75) is 12.3 Å². The van der Waals surface area contributed by atoms with Gasteiger partial charge < -0.3 is 10.0 Å². The number of nitrogens with zero attached hydrogens (tertiary/aromatic N) is 1. The molecule has 6 heteroatoms. The predicted molar refractivity (Wildman–Crippen MR) is 92.0 cm³/mol. The zero-order valence-corrected chi connectivity index (χ0v) is 14.1. The Kier molecular flexibility index (Phi) is 5.04. The lowest BCUT2D eigenvalue weighted by Crippen LogP contribution is -2.31. The van der Waals surface area contributed by atoms with Crippen molar-refractivity contribution in [3.05, 3.63) is 70.5 Å². The smallest absolute Gasteiger partial charge is 0.308 e. The molecule has 2 aromatic rings. The van der Waals surface area contributed by atoms with E-state index < -0.39 is 17.7 Å². The van der Waals surface area contributed by atoms with Crippen molar-refractivity contribution in [3.63, 3.8) is 0 Å². The molecule has 0 spiro atoms. The van der Waals surface area contributed by atoms with E-state index in [1.807, 2.05) is 0 Å². The van der Waals surface area contributed by atoms with E-state index in [-0.39, 0.29) is 24.8 Å². The van der Waals surface area contributed by atoms with E-state index in [1.54, 1.807) is 42.5 Å². The lowest BCUT2D eigenvalue weighted by Gasteiger charge is -2.17. The summed E-state index contributed by atoms with van der Waals surface area (Å²) < 4.78 is 13.7. The van der Waals surface area contributed by atoms with E-state index in [2.05, 4.69) is 0 Å². The van der Waals surface area contributed by atoms with Crippen molar-refractivity contribution < 1.29 is 19.1 Å². The monoisotopic (exact) mass is 361 g/mol. The number of hydrogen-bond acceptors (Lipinski definition) is 2. The molecule has 1 heterocycles. The summed E-state index contributed by atoms with van der Waals surface area (Å²) in [6, 6.07) is 13.1. The summed E-state index contributed by atoms with van der Waals surface area (Å²) in [5, 5.41) is 10.1. The van der Waals surface area contributed by atoms with Gasteiger partial charge in [0.05, 0.1) is 12.3 Å². The molecule has 4 nitrogen and oxygen atoms in total. The van der Waals surface area contributed by atoms with E-state index in [0.717, 1.165) is 5.56 Å². The van der Waals surface area contributed by atoms with E-state index in [0.29, 0.717) is 17.1 Å². The average Bonchev–Trinajstić information content (AvgIpc) is 3.03. The van der Waals surface area contributed by atoms with Crippen LogP contribution >= 0.6 is 11.6 Å². The van der Waals surface area contributed by atoms with Crippen LogP contribution < -0.4 is 0 Å². The molecule has 0 unspecified atom stereocenters. The summed E-state index contributed by atoms with van der Waals surface area (Å²) in [5.41, 5.74) is 1.15. The number of rotatable bonds is 4. The minimum Gasteiger partial charge on any atom is -0.481 e. The second kappa shape index (κ2) is 7.23. The topological polar surface area (TPSA) is 57.6 Å². The number of carboxylic acid groups (broad SMARTS) is 1. The minimum atomic E-state index is -0.943. The van der Waals surface area contributed by atoms with Gasteiger partial charge in [0.1, 0.15) is 5.82 Å². The van der Waals surface area contributed by atoms with Crippen LogP contribution in [0.4, 0.5) is 4.39 Å². The zero-order valence-electron chi connectivity index (χ0n) is 13.4. The van der Waals surface area contributed by atoms with Crippen LogP contribution in [0.2, 0.25) is 5.02 Å². The molecule has 0 radical (unpaired) electrons. The van der Waals surface area contributed by atoms with Crippen LogP contribution in [-0.4, -0.2) is 35.0 Å². The number of likely N-dealkylation sites (tertiary alicyclic amines) is 1. The number of hydrogen-bond donors (Lipinski definition) is 1. The molecule has 130 valence electrons. The zero-order chi connectivity index (χ0) is 18.0. The number of carbonyl (C=O) groups is 2. The highest BCUT2D eigenvalue weighted by Gasteiger charge is 2.40. The molecule has 1 aliphatic rings. The molecule has 3 rings (SSSR count). The summed E-state index contributed by atoms with van der Waals surface area (Å²) in [4.78, 5) is 25.6. The van der Waals surface area contributed by atoms with Gasteiger partial charge in [0, 0.05) is 24.0 Å². The summed E-state index contributed by atoms with van der Waals surface area (Å²) >= 11 is 5.89. The highest BCUT2D eigenvalue weighted by Crippen LogP contribution is 2.34. The molecule has 1 amide bonds. The predicted octanol–water partition coefficient (Wildman–Crippen LogP) is 3.35. The summed E-state index contributed by atoms with van der Waals surface area (Å²) in [7, 11) is 0. The molecular formula is C19H17ClFNO3. The number of carbonyl (C=O) groups excluding carboxylic acids is 1. The molecule has 25 heavy (non-hydrogen) atoms. The van der Waals surface area contributed by atoms with Gasteiger partial charge in [-0.1, -0.05) is 41.9 Å². The number of aliphatic carboxylic acids is 1. The fourth-order valence-electron chi connectivity index (χ4n) is 3.22. The summed E-state index contributed by atoms with van der Waals surface area (Å²) in [6.45, 7) is 0.418. The van der Waals surface area contributed by atoms with Gasteiger partial charge >= 0.3 is 5.97 Å². The van der Waals surface area contributed by atoms with Gasteiger partial charge in [-0.05, 0) is 29.3 Å². The molecule has 1 saturated heterocycles. The Morgan fingerprint density at radius 2 is 1.80 bits per heavy atom. The molecule has 1 aliphatic heterocycles. The third-order valence-electron chi connectivity index (χ3n) is 4.59. The quantitative estimate of drug-likeness (QED) is 0.908. The Morgan fingerprint density at radius 1 is 1.12 bits per heavy atom. The van der Waals surface area contributed by atoms with Crippen LogP contribution in [0, 0.1) is 11.7 Å². The first-order chi connectivity index (χ1) is 12.0. The van der Waals surface area contributed by atoms with Gasteiger partial charge in [0.2, 0.25) is 5.91 Å². The Bertz CT molecular complexity index is 794. The lowest BCUT2D eigenvalue weighted by molar-refractivity contribution is -0.141. The van der Waals surface area contributed by atoms with Crippen LogP contribution in [0.3, 0.4) is 0 Å². The molecular weight excluding hydrogens is 345 g/mol. The molecule has 1 fully saturated rings. The van der Waals surface area contributed by atoms with E-state index in [1.165, 1.54) is 11.0 Å². The molecule has 0 aromatic heterocycles. The second-order valence-corrected chi connectivity index (χ2v) is 6.61. The fraction of sp³-hybridized carbons (Fsp3) is 0.263. The average molecular weight is 362 g/mol. The van der Waals surface area contributed by atoms with Gasteiger partial charge in [-0.25, -0.2) is 4.39 Å². The Hall–Kier alpha value is -2.40. The molecule has 0 saturated carbocycles. The molecule has 0 aliphatic carbocycles. The summed E-state index contributed by atoms with van der Waals surface area (Å²) in [6.07, 6.45) is -0.0770. The lowest BCUT2D eigenvalue weighted by atomic mass is 9.89. The van der Waals surface area contributed by atoms with Crippen LogP contribution in [0.25, 0.3) is 0 Å². The van der Waals surface area contributed by atoms with Crippen LogP contribution in [-0.2, 0) is 16.0 Å². The summed E-state index contributed by atoms with van der Waals surface area (Å²) in [5.74, 6) is -2.64. The second-order valence-electron chi connectivity index (χ2n) is 6.17. The van der Waals surface area contributed by atoms with Crippen molar-refractivity contribution >= 4 is 23.5 Å². The maximum Gasteiger partial charge on any atom is 0.308 e. The molecule has 2 atom stereocenters. The first-order valence-electron chi connectivity index (χ1n) is 7.95. The standard InChI is InChI=1S/C19H17ClFNO3/c20-14-7-5-12(6-8-14)15-10-22(11-16(15)19(24)25)18(23)9-13-3-1-2-4-17(13)21/h1-8,15-16H,9-11H2,(H,24,25)/t15-,16+/m0/s1. The van der Waals surface area contributed by atoms with E-state index in [9.17, 15) is 19.1 Å². The van der Waals surface area contributed by atoms with Gasteiger partial charge in [-0.3, -0.25) is 9.59 Å².